The van der Waals surface area contributed by atoms with Crippen LogP contribution in [-0.4, -0.2) is 32.0 Å². The van der Waals surface area contributed by atoms with Crippen LogP contribution in [-0.2, 0) is 20.2 Å². The molecule has 0 aliphatic carbocycles. The highest BCUT2D eigenvalue weighted by Crippen LogP contribution is 2.30. The number of sulfonamides is 1. The second-order valence-electron chi connectivity index (χ2n) is 8.61. The van der Waals surface area contributed by atoms with Crippen LogP contribution in [0.5, 0.6) is 0 Å². The number of hydrogen-bond donors (Lipinski definition) is 1. The molecule has 0 heterocycles. The predicted octanol–water partition coefficient (Wildman–Crippen LogP) is 3.84. The molecule has 0 aliphatic rings. The Balaban J connectivity index is 2.23. The van der Waals surface area contributed by atoms with Gasteiger partial charge in [0.25, 0.3) is 5.69 Å². The van der Waals surface area contributed by atoms with Gasteiger partial charge in [-0.05, 0) is 36.5 Å². The smallest absolute Gasteiger partial charge is 0.274 e. The number of benzene rings is 2. The van der Waals surface area contributed by atoms with E-state index in [0.717, 1.165) is 16.1 Å². The van der Waals surface area contributed by atoms with E-state index < -0.39 is 27.4 Å². The molecule has 0 fully saturated rings. The van der Waals surface area contributed by atoms with E-state index in [0.29, 0.717) is 0 Å². The maximum absolute atomic E-state index is 12.7. The van der Waals surface area contributed by atoms with Gasteiger partial charge in [0.15, 0.2) is 0 Å². The molecule has 168 valence electrons. The van der Waals surface area contributed by atoms with Crippen LogP contribution in [0.25, 0.3) is 0 Å². The van der Waals surface area contributed by atoms with Gasteiger partial charge in [-0.3, -0.25) is 19.2 Å². The van der Waals surface area contributed by atoms with Gasteiger partial charge >= 0.3 is 0 Å². The van der Waals surface area contributed by atoms with Crippen molar-refractivity contribution in [3.05, 3.63) is 69.3 Å². The lowest BCUT2D eigenvalue weighted by molar-refractivity contribution is -0.385. The van der Waals surface area contributed by atoms with Crippen LogP contribution >= 0.6 is 0 Å². The third-order valence-electron chi connectivity index (χ3n) is 5.08. The molecule has 8 nitrogen and oxygen atoms in total. The summed E-state index contributed by atoms with van der Waals surface area (Å²) in [6.07, 6.45) is 0.965. The van der Waals surface area contributed by atoms with Gasteiger partial charge in [0.2, 0.25) is 15.9 Å². The maximum atomic E-state index is 12.7. The van der Waals surface area contributed by atoms with Gasteiger partial charge in [0.05, 0.1) is 28.5 Å². The molecule has 0 aromatic heterocycles. The first-order valence-corrected chi connectivity index (χ1v) is 11.7. The first-order chi connectivity index (χ1) is 14.2. The molecule has 0 saturated heterocycles. The van der Waals surface area contributed by atoms with E-state index in [9.17, 15) is 23.3 Å². The minimum atomic E-state index is -3.85. The van der Waals surface area contributed by atoms with E-state index in [1.54, 1.807) is 0 Å². The summed E-state index contributed by atoms with van der Waals surface area (Å²) in [5.41, 5.74) is 2.14. The summed E-state index contributed by atoms with van der Waals surface area (Å²) < 4.78 is 25.6. The summed E-state index contributed by atoms with van der Waals surface area (Å²) in [5, 5.41) is 14.0. The Morgan fingerprint density at radius 3 is 2.23 bits per heavy atom. The number of anilines is 1. The minimum Gasteiger partial charge on any atom is -0.348 e. The molecule has 0 bridgehead atoms. The lowest BCUT2D eigenvalue weighted by Gasteiger charge is -2.25. The summed E-state index contributed by atoms with van der Waals surface area (Å²) in [6, 6.07) is 11.7. The van der Waals surface area contributed by atoms with Crippen molar-refractivity contribution in [3.63, 3.8) is 0 Å². The number of nitrogens with one attached hydrogen (secondary N) is 1. The monoisotopic (exact) mass is 447 g/mol. The highest BCUT2D eigenvalue weighted by molar-refractivity contribution is 7.92. The van der Waals surface area contributed by atoms with Crippen LogP contribution in [0.1, 0.15) is 50.4 Å². The average Bonchev–Trinajstić information content (AvgIpc) is 2.65. The highest BCUT2D eigenvalue weighted by Gasteiger charge is 2.26. The molecule has 1 amide bonds. The predicted molar refractivity (Wildman–Crippen MR) is 122 cm³/mol. The Morgan fingerprint density at radius 1 is 1.16 bits per heavy atom. The number of nitro groups is 1. The number of rotatable bonds is 7. The zero-order valence-corrected chi connectivity index (χ0v) is 19.5. The zero-order chi connectivity index (χ0) is 23.6. The zero-order valence-electron chi connectivity index (χ0n) is 18.7. The fraction of sp³-hybridized carbons (Fsp3) is 0.409. The second-order valence-corrected chi connectivity index (χ2v) is 10.5. The minimum absolute atomic E-state index is 0.0111. The van der Waals surface area contributed by atoms with Crippen LogP contribution in [0, 0.1) is 17.0 Å². The SMILES string of the molecule is Cc1c(N(CC(=O)N[C@@H](C)c2ccc(C(C)(C)C)cc2)S(C)(=O)=O)cccc1[N+](=O)[O-]. The fourth-order valence-corrected chi connectivity index (χ4v) is 4.14. The summed E-state index contributed by atoms with van der Waals surface area (Å²) in [6.45, 7) is 9.14. The van der Waals surface area contributed by atoms with Crippen molar-refractivity contribution in [1.29, 1.82) is 0 Å². The normalized spacial score (nSPS) is 12.8. The van der Waals surface area contributed by atoms with Gasteiger partial charge in [-0.25, -0.2) is 8.42 Å². The molecular weight excluding hydrogens is 418 g/mol. The molecule has 0 radical (unpaired) electrons. The molecule has 1 atom stereocenters. The molecular formula is C22H29N3O5S. The van der Waals surface area contributed by atoms with Crippen LogP contribution in [0.15, 0.2) is 42.5 Å². The van der Waals surface area contributed by atoms with E-state index in [4.69, 9.17) is 0 Å². The largest absolute Gasteiger partial charge is 0.348 e. The number of carbonyl (C=O) groups excluding carboxylic acids is 1. The first kappa shape index (κ1) is 24.3. The standard InChI is InChI=1S/C22H29N3O5S/c1-15-19(8-7-9-20(15)25(27)28)24(31(6,29)30)14-21(26)23-16(2)17-10-12-18(13-11-17)22(3,4)5/h7-13,16H,14H2,1-6H3,(H,23,26)/t16-/m0/s1. The number of nitrogens with zero attached hydrogens (tertiary/aromatic N) is 2. The molecule has 2 aromatic rings. The van der Waals surface area contributed by atoms with Gasteiger partial charge in [-0.1, -0.05) is 51.1 Å². The van der Waals surface area contributed by atoms with Crippen molar-refractivity contribution in [2.75, 3.05) is 17.1 Å². The fourth-order valence-electron chi connectivity index (χ4n) is 3.23. The molecule has 0 saturated carbocycles. The van der Waals surface area contributed by atoms with Crippen molar-refractivity contribution in [3.8, 4) is 0 Å². The Kier molecular flexibility index (Phi) is 7.10. The second kappa shape index (κ2) is 9.05. The molecule has 2 aromatic carbocycles. The molecule has 2 rings (SSSR count). The van der Waals surface area contributed by atoms with Crippen LogP contribution in [0.2, 0.25) is 0 Å². The number of amides is 1. The van der Waals surface area contributed by atoms with Gasteiger partial charge in [-0.15, -0.1) is 0 Å². The topological polar surface area (TPSA) is 110 Å². The van der Waals surface area contributed by atoms with Crippen LogP contribution in [0.4, 0.5) is 11.4 Å². The van der Waals surface area contributed by atoms with Gasteiger partial charge in [0.1, 0.15) is 6.54 Å². The number of hydrogen-bond acceptors (Lipinski definition) is 5. The Labute approximate surface area is 183 Å². The third-order valence-corrected chi connectivity index (χ3v) is 6.21. The summed E-state index contributed by atoms with van der Waals surface area (Å²) in [7, 11) is -3.85. The maximum Gasteiger partial charge on any atom is 0.274 e. The lowest BCUT2D eigenvalue weighted by Crippen LogP contribution is -2.41. The molecule has 1 N–H and O–H groups in total. The van der Waals surface area contributed by atoms with Crippen molar-refractivity contribution < 1.29 is 18.1 Å². The van der Waals surface area contributed by atoms with Crippen LogP contribution < -0.4 is 9.62 Å². The Morgan fingerprint density at radius 2 is 1.74 bits per heavy atom. The summed E-state index contributed by atoms with van der Waals surface area (Å²) in [5.74, 6) is -0.510. The number of nitro benzene ring substituents is 1. The van der Waals surface area contributed by atoms with Crippen molar-refractivity contribution in [1.82, 2.24) is 5.32 Å². The first-order valence-electron chi connectivity index (χ1n) is 9.83. The Hall–Kier alpha value is -2.94. The average molecular weight is 448 g/mol. The van der Waals surface area contributed by atoms with E-state index in [-0.39, 0.29) is 28.4 Å². The van der Waals surface area contributed by atoms with E-state index in [2.05, 4.69) is 26.1 Å². The van der Waals surface area contributed by atoms with Gasteiger partial charge in [0, 0.05) is 6.07 Å². The van der Waals surface area contributed by atoms with Gasteiger partial charge < -0.3 is 5.32 Å². The van der Waals surface area contributed by atoms with Crippen molar-refractivity contribution in [2.24, 2.45) is 0 Å². The molecule has 9 heteroatoms. The van der Waals surface area contributed by atoms with E-state index in [1.165, 1.54) is 30.7 Å². The van der Waals surface area contributed by atoms with Crippen LogP contribution in [0.3, 0.4) is 0 Å². The quantitative estimate of drug-likeness (QED) is 0.512. The van der Waals surface area contributed by atoms with E-state index >= 15 is 0 Å². The summed E-state index contributed by atoms with van der Waals surface area (Å²) in [4.78, 5) is 23.3. The molecule has 0 unspecified atom stereocenters. The van der Waals surface area contributed by atoms with E-state index in [1.807, 2.05) is 31.2 Å². The highest BCUT2D eigenvalue weighted by atomic mass is 32.2. The van der Waals surface area contributed by atoms with Crippen molar-refractivity contribution >= 4 is 27.3 Å². The molecule has 31 heavy (non-hydrogen) atoms. The van der Waals surface area contributed by atoms with Gasteiger partial charge in [-0.2, -0.15) is 0 Å². The summed E-state index contributed by atoms with van der Waals surface area (Å²) >= 11 is 0. The number of carbonyl (C=O) groups is 1. The third kappa shape index (κ3) is 6.04. The van der Waals surface area contributed by atoms with Crippen molar-refractivity contribution in [2.45, 2.75) is 46.1 Å². The Bertz CT molecular complexity index is 1070. The molecule has 0 spiro atoms. The lowest BCUT2D eigenvalue weighted by atomic mass is 9.86. The molecule has 0 aliphatic heterocycles.